The van der Waals surface area contributed by atoms with Crippen molar-refractivity contribution in [2.75, 3.05) is 13.1 Å². The number of likely N-dealkylation sites (tertiary alicyclic amines) is 1. The predicted molar refractivity (Wildman–Crippen MR) is 114 cm³/mol. The summed E-state index contributed by atoms with van der Waals surface area (Å²) in [5.74, 6) is -0.667. The van der Waals surface area contributed by atoms with Gasteiger partial charge in [0.05, 0.1) is 5.69 Å². The number of carbonyl (C=O) groups is 1. The van der Waals surface area contributed by atoms with E-state index in [1.165, 1.54) is 28.8 Å². The minimum atomic E-state index is -0.666. The topological polar surface area (TPSA) is 77.5 Å². The zero-order valence-electron chi connectivity index (χ0n) is 16.7. The number of aromatic nitrogens is 2. The summed E-state index contributed by atoms with van der Waals surface area (Å²) in [6.07, 6.45) is 2.94. The van der Waals surface area contributed by atoms with Crippen molar-refractivity contribution < 1.29 is 13.6 Å². The highest BCUT2D eigenvalue weighted by Gasteiger charge is 2.24. The van der Waals surface area contributed by atoms with E-state index in [0.29, 0.717) is 29.6 Å². The lowest BCUT2D eigenvalue weighted by atomic mass is 10.1. The van der Waals surface area contributed by atoms with Crippen molar-refractivity contribution in [3.63, 3.8) is 0 Å². The quantitative estimate of drug-likeness (QED) is 0.510. The number of benzene rings is 2. The number of para-hydroxylation sites is 1. The standard InChI is InChI=1S/C23H20FN3O4/c24-15-8-10-16(11-9-15)27-22(29)21-20(17-6-2-3-7-18(17)31-21)26(23(27)30)14-19(28)25-12-4-1-5-13-25/h2-3,6-11H,1,4-5,12-14H2. The van der Waals surface area contributed by atoms with Gasteiger partial charge in [-0.2, -0.15) is 0 Å². The van der Waals surface area contributed by atoms with Gasteiger partial charge in [0.25, 0.3) is 0 Å². The second kappa shape index (κ2) is 7.54. The number of piperidine rings is 1. The first-order valence-electron chi connectivity index (χ1n) is 10.3. The molecule has 0 N–H and O–H groups in total. The first-order chi connectivity index (χ1) is 15.0. The van der Waals surface area contributed by atoms with Crippen LogP contribution in [-0.2, 0) is 11.3 Å². The zero-order valence-corrected chi connectivity index (χ0v) is 16.7. The molecule has 1 amide bonds. The minimum Gasteiger partial charge on any atom is -0.449 e. The van der Waals surface area contributed by atoms with Gasteiger partial charge in [0.1, 0.15) is 23.5 Å². The maximum absolute atomic E-state index is 13.5. The summed E-state index contributed by atoms with van der Waals surface area (Å²) in [5.41, 5.74) is -0.376. The second-order valence-electron chi connectivity index (χ2n) is 7.70. The van der Waals surface area contributed by atoms with E-state index in [9.17, 15) is 18.8 Å². The Hall–Kier alpha value is -3.68. The van der Waals surface area contributed by atoms with Gasteiger partial charge >= 0.3 is 11.2 Å². The molecule has 1 saturated heterocycles. The normalized spacial score (nSPS) is 14.4. The molecule has 2 aromatic carbocycles. The minimum absolute atomic E-state index is 0.0171. The number of halogens is 1. The molecule has 4 aromatic rings. The van der Waals surface area contributed by atoms with E-state index in [0.717, 1.165) is 23.8 Å². The van der Waals surface area contributed by atoms with Gasteiger partial charge in [0.15, 0.2) is 0 Å². The maximum Gasteiger partial charge on any atom is 0.336 e. The van der Waals surface area contributed by atoms with E-state index in [1.54, 1.807) is 29.2 Å². The molecule has 0 unspecified atom stereocenters. The van der Waals surface area contributed by atoms with Crippen molar-refractivity contribution in [2.45, 2.75) is 25.8 Å². The molecule has 2 aromatic heterocycles. The molecule has 8 heteroatoms. The SMILES string of the molecule is O=C(Cn1c(=O)n(-c2ccc(F)cc2)c(=O)c2oc3ccccc3c21)N1CCCCC1. The molecular formula is C23H20FN3O4. The van der Waals surface area contributed by atoms with Gasteiger partial charge < -0.3 is 9.32 Å². The van der Waals surface area contributed by atoms with Crippen LogP contribution >= 0.6 is 0 Å². The van der Waals surface area contributed by atoms with Gasteiger partial charge in [-0.15, -0.1) is 0 Å². The van der Waals surface area contributed by atoms with E-state index in [2.05, 4.69) is 0 Å². The van der Waals surface area contributed by atoms with Gasteiger partial charge in [-0.05, 0) is 55.7 Å². The molecule has 31 heavy (non-hydrogen) atoms. The summed E-state index contributed by atoms with van der Waals surface area (Å²) < 4.78 is 21.4. The summed E-state index contributed by atoms with van der Waals surface area (Å²) in [7, 11) is 0. The summed E-state index contributed by atoms with van der Waals surface area (Å²) in [5, 5.41) is 0.587. The highest BCUT2D eigenvalue weighted by molar-refractivity contribution is 6.02. The number of nitrogens with zero attached hydrogens (tertiary/aromatic N) is 3. The van der Waals surface area contributed by atoms with Crippen molar-refractivity contribution >= 4 is 28.0 Å². The van der Waals surface area contributed by atoms with E-state index < -0.39 is 17.1 Å². The van der Waals surface area contributed by atoms with Crippen molar-refractivity contribution in [3.8, 4) is 5.69 Å². The summed E-state index contributed by atoms with van der Waals surface area (Å²) in [6.45, 7) is 1.10. The lowest BCUT2D eigenvalue weighted by molar-refractivity contribution is -0.132. The van der Waals surface area contributed by atoms with Crippen LogP contribution in [-0.4, -0.2) is 33.0 Å². The Labute approximate surface area is 175 Å². The Morgan fingerprint density at radius 3 is 2.42 bits per heavy atom. The van der Waals surface area contributed by atoms with Crippen LogP contribution in [0.15, 0.2) is 62.5 Å². The Bertz CT molecular complexity index is 1410. The predicted octanol–water partition coefficient (Wildman–Crippen LogP) is 3.05. The average Bonchev–Trinajstić information content (AvgIpc) is 3.18. The van der Waals surface area contributed by atoms with Gasteiger partial charge in [0.2, 0.25) is 11.5 Å². The molecule has 0 bridgehead atoms. The van der Waals surface area contributed by atoms with Gasteiger partial charge in [-0.3, -0.25) is 14.2 Å². The highest BCUT2D eigenvalue weighted by atomic mass is 19.1. The molecule has 1 aliphatic heterocycles. The van der Waals surface area contributed by atoms with Crippen LogP contribution in [0.5, 0.6) is 0 Å². The third-order valence-corrected chi connectivity index (χ3v) is 5.75. The summed E-state index contributed by atoms with van der Waals surface area (Å²) in [4.78, 5) is 41.4. The molecule has 0 radical (unpaired) electrons. The molecular weight excluding hydrogens is 401 g/mol. The van der Waals surface area contributed by atoms with Crippen molar-refractivity contribution in [3.05, 3.63) is 75.2 Å². The van der Waals surface area contributed by atoms with Crippen LogP contribution in [0.1, 0.15) is 19.3 Å². The zero-order chi connectivity index (χ0) is 21.5. The molecule has 7 nitrogen and oxygen atoms in total. The second-order valence-corrected chi connectivity index (χ2v) is 7.70. The fourth-order valence-electron chi connectivity index (χ4n) is 4.19. The molecule has 0 saturated carbocycles. The number of rotatable bonds is 3. The van der Waals surface area contributed by atoms with E-state index in [-0.39, 0.29) is 23.7 Å². The Morgan fingerprint density at radius 1 is 0.968 bits per heavy atom. The molecule has 1 aliphatic rings. The average molecular weight is 421 g/mol. The highest BCUT2D eigenvalue weighted by Crippen LogP contribution is 2.26. The largest absolute Gasteiger partial charge is 0.449 e. The summed E-state index contributed by atoms with van der Waals surface area (Å²) in [6, 6.07) is 12.1. The van der Waals surface area contributed by atoms with Crippen molar-refractivity contribution in [2.24, 2.45) is 0 Å². The molecule has 0 spiro atoms. The van der Waals surface area contributed by atoms with Crippen LogP contribution in [0.2, 0.25) is 0 Å². The van der Waals surface area contributed by atoms with Gasteiger partial charge in [-0.25, -0.2) is 13.8 Å². The lowest BCUT2D eigenvalue weighted by Crippen LogP contribution is -2.43. The molecule has 1 fully saturated rings. The molecule has 0 aliphatic carbocycles. The fourth-order valence-corrected chi connectivity index (χ4v) is 4.19. The van der Waals surface area contributed by atoms with E-state index in [1.807, 2.05) is 0 Å². The third kappa shape index (κ3) is 3.24. The summed E-state index contributed by atoms with van der Waals surface area (Å²) >= 11 is 0. The van der Waals surface area contributed by atoms with Gasteiger partial charge in [0, 0.05) is 18.5 Å². The smallest absolute Gasteiger partial charge is 0.336 e. The number of fused-ring (bicyclic) bond motifs is 3. The number of hydrogen-bond acceptors (Lipinski definition) is 4. The molecule has 0 atom stereocenters. The molecule has 5 rings (SSSR count). The number of amides is 1. The maximum atomic E-state index is 13.5. The van der Waals surface area contributed by atoms with Crippen molar-refractivity contribution in [1.29, 1.82) is 0 Å². The van der Waals surface area contributed by atoms with E-state index in [4.69, 9.17) is 4.42 Å². The monoisotopic (exact) mass is 421 g/mol. The van der Waals surface area contributed by atoms with Crippen LogP contribution < -0.4 is 11.2 Å². The van der Waals surface area contributed by atoms with Crippen LogP contribution in [0.25, 0.3) is 27.8 Å². The Kier molecular flexibility index (Phi) is 4.69. The lowest BCUT2D eigenvalue weighted by Gasteiger charge is -2.27. The number of carbonyl (C=O) groups excluding carboxylic acids is 1. The van der Waals surface area contributed by atoms with Gasteiger partial charge in [-0.1, -0.05) is 12.1 Å². The van der Waals surface area contributed by atoms with Crippen molar-refractivity contribution in [1.82, 2.24) is 14.0 Å². The third-order valence-electron chi connectivity index (χ3n) is 5.75. The van der Waals surface area contributed by atoms with Crippen LogP contribution in [0, 0.1) is 5.82 Å². The first-order valence-corrected chi connectivity index (χ1v) is 10.3. The Morgan fingerprint density at radius 2 is 1.68 bits per heavy atom. The molecule has 3 heterocycles. The Balaban J connectivity index is 1.77. The molecule has 158 valence electrons. The number of hydrogen-bond donors (Lipinski definition) is 0. The van der Waals surface area contributed by atoms with Crippen LogP contribution in [0.4, 0.5) is 4.39 Å². The van der Waals surface area contributed by atoms with E-state index >= 15 is 0 Å². The fraction of sp³-hybridized carbons (Fsp3) is 0.261. The first kappa shape index (κ1) is 19.3. The number of furan rings is 1. The van der Waals surface area contributed by atoms with Crippen LogP contribution in [0.3, 0.4) is 0 Å².